The minimum Gasteiger partial charge on any atom is -0.423 e. The Morgan fingerprint density at radius 1 is 0.933 bits per heavy atom. The van der Waals surface area contributed by atoms with Crippen LogP contribution in [0.25, 0.3) is 0 Å². The van der Waals surface area contributed by atoms with E-state index >= 15 is 0 Å². The molecular weight excluding hydrogens is 402 g/mol. The average Bonchev–Trinajstić information content (AvgIpc) is 3.52. The Hall–Kier alpha value is -2.92. The largest absolute Gasteiger partial charge is 0.423 e. The van der Waals surface area contributed by atoms with E-state index in [4.69, 9.17) is 16.3 Å². The monoisotopic (exact) mass is 419 g/mol. The molecule has 1 heterocycles. The summed E-state index contributed by atoms with van der Waals surface area (Å²) in [6.45, 7) is 0. The molecular formula is C24H18ClNO4. The van der Waals surface area contributed by atoms with Crippen molar-refractivity contribution in [1.29, 1.82) is 0 Å². The number of anilines is 1. The Bertz CT molecular complexity index is 1090. The van der Waals surface area contributed by atoms with Crippen molar-refractivity contribution in [3.8, 4) is 5.75 Å². The molecule has 7 rings (SSSR count). The van der Waals surface area contributed by atoms with Crippen molar-refractivity contribution in [2.24, 2.45) is 35.5 Å². The number of imide groups is 1. The first-order valence-corrected chi connectivity index (χ1v) is 10.5. The molecule has 1 saturated heterocycles. The summed E-state index contributed by atoms with van der Waals surface area (Å²) in [4.78, 5) is 40.2. The van der Waals surface area contributed by atoms with Gasteiger partial charge in [0.15, 0.2) is 0 Å². The highest BCUT2D eigenvalue weighted by atomic mass is 35.5. The van der Waals surface area contributed by atoms with Crippen molar-refractivity contribution in [2.75, 3.05) is 4.90 Å². The molecule has 2 saturated carbocycles. The second-order valence-electron chi connectivity index (χ2n) is 8.56. The molecule has 1 aliphatic heterocycles. The molecule has 6 heteroatoms. The molecule has 0 unspecified atom stereocenters. The predicted molar refractivity (Wildman–Crippen MR) is 110 cm³/mol. The molecule has 2 aromatic rings. The van der Waals surface area contributed by atoms with Crippen molar-refractivity contribution in [1.82, 2.24) is 0 Å². The number of hydrogen-bond acceptors (Lipinski definition) is 4. The minimum absolute atomic E-state index is 0.129. The normalized spacial score (nSPS) is 32.8. The number of esters is 1. The minimum atomic E-state index is -0.529. The van der Waals surface area contributed by atoms with Gasteiger partial charge in [-0.1, -0.05) is 29.8 Å². The number of ether oxygens (including phenoxy) is 1. The summed E-state index contributed by atoms with van der Waals surface area (Å²) in [5, 5.41) is 0.530. The maximum absolute atomic E-state index is 13.2. The van der Waals surface area contributed by atoms with E-state index in [1.807, 2.05) is 0 Å². The van der Waals surface area contributed by atoms with E-state index < -0.39 is 5.97 Å². The molecule has 30 heavy (non-hydrogen) atoms. The molecule has 3 fully saturated rings. The van der Waals surface area contributed by atoms with Crippen LogP contribution in [0.5, 0.6) is 5.75 Å². The lowest BCUT2D eigenvalue weighted by atomic mass is 9.63. The molecule has 2 bridgehead atoms. The molecule has 5 nitrogen and oxygen atoms in total. The molecule has 0 radical (unpaired) electrons. The molecule has 2 aromatic carbocycles. The first-order chi connectivity index (χ1) is 14.5. The molecule has 150 valence electrons. The average molecular weight is 420 g/mol. The molecule has 2 amide bonds. The number of hydrogen-bond donors (Lipinski definition) is 0. The fourth-order valence-corrected chi connectivity index (χ4v) is 5.78. The number of halogens is 1. The van der Waals surface area contributed by atoms with Crippen LogP contribution in [-0.4, -0.2) is 17.8 Å². The van der Waals surface area contributed by atoms with Gasteiger partial charge in [0.2, 0.25) is 11.8 Å². The molecule has 0 spiro atoms. The van der Waals surface area contributed by atoms with Crippen LogP contribution in [0.4, 0.5) is 5.69 Å². The van der Waals surface area contributed by atoms with E-state index in [1.54, 1.807) is 48.5 Å². The lowest BCUT2D eigenvalue weighted by Crippen LogP contribution is -2.40. The zero-order valence-electron chi connectivity index (χ0n) is 15.9. The van der Waals surface area contributed by atoms with Gasteiger partial charge in [-0.15, -0.1) is 0 Å². The van der Waals surface area contributed by atoms with Crippen LogP contribution in [0.2, 0.25) is 5.02 Å². The van der Waals surface area contributed by atoms with Crippen LogP contribution in [-0.2, 0) is 9.59 Å². The number of allylic oxidation sites excluding steroid dienone is 2. The van der Waals surface area contributed by atoms with Crippen molar-refractivity contribution < 1.29 is 19.1 Å². The van der Waals surface area contributed by atoms with Gasteiger partial charge in [0, 0.05) is 11.1 Å². The van der Waals surface area contributed by atoms with Gasteiger partial charge in [-0.3, -0.25) is 9.59 Å². The predicted octanol–water partition coefficient (Wildman–Crippen LogP) is 4.12. The summed E-state index contributed by atoms with van der Waals surface area (Å²) in [6, 6.07) is 13.0. The summed E-state index contributed by atoms with van der Waals surface area (Å²) in [6.07, 6.45) is 5.43. The highest BCUT2D eigenvalue weighted by molar-refractivity contribution is 6.30. The van der Waals surface area contributed by atoms with Gasteiger partial charge < -0.3 is 4.74 Å². The van der Waals surface area contributed by atoms with E-state index in [0.717, 1.165) is 6.42 Å². The van der Waals surface area contributed by atoms with Gasteiger partial charge in [0.1, 0.15) is 5.75 Å². The zero-order valence-corrected chi connectivity index (χ0v) is 16.7. The first kappa shape index (κ1) is 17.9. The standard InChI is InChI=1S/C24H18ClNO4/c25-13-6-4-12(5-7-13)24(29)30-15-3-1-2-14(10-15)26-22(27)20-16-8-9-17(19-11-18(16)19)21(20)23(26)28/h1-10,16-21H,11H2/t16-,17-,18-,19+,20-,21+/m0/s1. The fourth-order valence-electron chi connectivity index (χ4n) is 5.65. The number of carbonyl (C=O) groups excluding carboxylic acids is 3. The highest BCUT2D eigenvalue weighted by Gasteiger charge is 2.67. The van der Waals surface area contributed by atoms with E-state index in [1.165, 1.54) is 4.90 Å². The number of carbonyl (C=O) groups is 3. The van der Waals surface area contributed by atoms with Crippen LogP contribution in [0.1, 0.15) is 16.8 Å². The van der Waals surface area contributed by atoms with Gasteiger partial charge in [0.05, 0.1) is 23.1 Å². The molecule has 0 aromatic heterocycles. The Morgan fingerprint density at radius 3 is 2.20 bits per heavy atom. The fraction of sp³-hybridized carbons (Fsp3) is 0.292. The van der Waals surface area contributed by atoms with Gasteiger partial charge in [-0.2, -0.15) is 0 Å². The number of benzene rings is 2. The summed E-state index contributed by atoms with van der Waals surface area (Å²) in [5.41, 5.74) is 0.819. The second kappa shape index (κ2) is 6.29. The molecule has 6 atom stereocenters. The number of rotatable bonds is 3. The Morgan fingerprint density at radius 2 is 1.57 bits per heavy atom. The lowest BCUT2D eigenvalue weighted by Gasteiger charge is -2.37. The van der Waals surface area contributed by atoms with E-state index in [-0.39, 0.29) is 41.2 Å². The quantitative estimate of drug-likeness (QED) is 0.325. The Labute approximate surface area is 178 Å². The maximum Gasteiger partial charge on any atom is 0.343 e. The van der Waals surface area contributed by atoms with Crippen LogP contribution in [0, 0.1) is 35.5 Å². The van der Waals surface area contributed by atoms with Crippen LogP contribution >= 0.6 is 11.6 Å². The van der Waals surface area contributed by atoms with Gasteiger partial charge in [-0.25, -0.2) is 9.69 Å². The summed E-state index contributed by atoms with van der Waals surface area (Å²) in [5.74, 6) is 0.467. The van der Waals surface area contributed by atoms with Crippen LogP contribution in [0.15, 0.2) is 60.7 Å². The third-order valence-corrected chi connectivity index (χ3v) is 7.28. The molecule has 5 aliphatic rings. The van der Waals surface area contributed by atoms with E-state index in [9.17, 15) is 14.4 Å². The molecule has 0 N–H and O–H groups in total. The number of nitrogens with zero attached hydrogens (tertiary/aromatic N) is 1. The smallest absolute Gasteiger partial charge is 0.343 e. The Kier molecular flexibility index (Phi) is 3.75. The van der Waals surface area contributed by atoms with Gasteiger partial charge in [0.25, 0.3) is 0 Å². The Balaban J connectivity index is 1.27. The topological polar surface area (TPSA) is 63.7 Å². The SMILES string of the molecule is O=C(Oc1cccc(N2C(=O)[C@@H]3[C@H]4C=C[C@@H]([C@@H]5C[C@H]45)[C@@H]3C2=O)c1)c1ccc(Cl)cc1. The van der Waals surface area contributed by atoms with Crippen LogP contribution < -0.4 is 9.64 Å². The van der Waals surface area contributed by atoms with E-state index in [2.05, 4.69) is 12.2 Å². The van der Waals surface area contributed by atoms with E-state index in [0.29, 0.717) is 28.1 Å². The number of amides is 2. The third kappa shape index (κ3) is 2.51. The molecule has 4 aliphatic carbocycles. The highest BCUT2D eigenvalue weighted by Crippen LogP contribution is 2.65. The maximum atomic E-state index is 13.2. The van der Waals surface area contributed by atoms with Crippen molar-refractivity contribution >= 4 is 35.1 Å². The first-order valence-electron chi connectivity index (χ1n) is 10.2. The zero-order chi connectivity index (χ0) is 20.6. The van der Waals surface area contributed by atoms with Crippen molar-refractivity contribution in [3.63, 3.8) is 0 Å². The summed E-state index contributed by atoms with van der Waals surface area (Å²) in [7, 11) is 0. The lowest BCUT2D eigenvalue weighted by molar-refractivity contribution is -0.124. The van der Waals surface area contributed by atoms with Crippen molar-refractivity contribution in [3.05, 3.63) is 71.3 Å². The van der Waals surface area contributed by atoms with Gasteiger partial charge in [-0.05, 0) is 66.5 Å². The third-order valence-electron chi connectivity index (χ3n) is 7.03. The second-order valence-corrected chi connectivity index (χ2v) is 9.00. The van der Waals surface area contributed by atoms with Gasteiger partial charge >= 0.3 is 5.97 Å². The van der Waals surface area contributed by atoms with Crippen LogP contribution in [0.3, 0.4) is 0 Å². The summed E-state index contributed by atoms with van der Waals surface area (Å²) >= 11 is 5.86. The summed E-state index contributed by atoms with van der Waals surface area (Å²) < 4.78 is 5.46. The van der Waals surface area contributed by atoms with Crippen molar-refractivity contribution in [2.45, 2.75) is 6.42 Å².